The Morgan fingerprint density at radius 1 is 1.12 bits per heavy atom. The molecule has 1 aliphatic rings. The topological polar surface area (TPSA) is 63.7 Å². The molecule has 2 aromatic heterocycles. The Morgan fingerprint density at radius 2 is 2.00 bits per heavy atom. The average molecular weight is 353 g/mol. The van der Waals surface area contributed by atoms with Crippen molar-refractivity contribution < 1.29 is 13.7 Å². The molecule has 1 saturated heterocycles. The van der Waals surface area contributed by atoms with E-state index in [9.17, 15) is 0 Å². The highest BCUT2D eigenvalue weighted by Crippen LogP contribution is 2.32. The lowest BCUT2D eigenvalue weighted by molar-refractivity contribution is 0.120. The number of furan rings is 1. The zero-order chi connectivity index (χ0) is 17.8. The van der Waals surface area contributed by atoms with Crippen molar-refractivity contribution >= 4 is 5.88 Å². The van der Waals surface area contributed by atoms with Gasteiger partial charge in [0.2, 0.25) is 5.88 Å². The lowest BCUT2D eigenvalue weighted by Gasteiger charge is -2.26. The summed E-state index contributed by atoms with van der Waals surface area (Å²) in [6.07, 6.45) is 1.69. The summed E-state index contributed by atoms with van der Waals surface area (Å²) in [6.45, 7) is 6.44. The minimum atomic E-state index is 0.653. The Kier molecular flexibility index (Phi) is 5.04. The van der Waals surface area contributed by atoms with Crippen LogP contribution in [0.3, 0.4) is 0 Å². The van der Waals surface area contributed by atoms with Crippen LogP contribution < -0.4 is 10.2 Å². The minimum Gasteiger partial charge on any atom is -0.468 e. The number of aryl methyl sites for hydroxylation is 1. The van der Waals surface area contributed by atoms with Crippen LogP contribution in [0.4, 0.5) is 5.88 Å². The number of rotatable bonds is 6. The van der Waals surface area contributed by atoms with Gasteiger partial charge in [0.25, 0.3) is 0 Å². The largest absolute Gasteiger partial charge is 0.468 e. The Morgan fingerprint density at radius 3 is 2.77 bits per heavy atom. The molecule has 6 heteroatoms. The fourth-order valence-electron chi connectivity index (χ4n) is 3.22. The van der Waals surface area contributed by atoms with Gasteiger partial charge in [0.1, 0.15) is 11.5 Å². The van der Waals surface area contributed by atoms with Gasteiger partial charge >= 0.3 is 0 Å². The van der Waals surface area contributed by atoms with Gasteiger partial charge in [-0.05, 0) is 25.1 Å². The predicted molar refractivity (Wildman–Crippen MR) is 99.0 cm³/mol. The second kappa shape index (κ2) is 7.76. The van der Waals surface area contributed by atoms with Crippen molar-refractivity contribution in [3.63, 3.8) is 0 Å². The van der Waals surface area contributed by atoms with Gasteiger partial charge in [-0.2, -0.15) is 0 Å². The molecule has 26 heavy (non-hydrogen) atoms. The summed E-state index contributed by atoms with van der Waals surface area (Å²) in [6, 6.07) is 12.2. The molecule has 0 bridgehead atoms. The maximum Gasteiger partial charge on any atom is 0.232 e. The van der Waals surface area contributed by atoms with E-state index in [2.05, 4.69) is 40.5 Å². The van der Waals surface area contributed by atoms with Gasteiger partial charge < -0.3 is 23.9 Å². The van der Waals surface area contributed by atoms with E-state index < -0.39 is 0 Å². The molecule has 0 atom stereocenters. The van der Waals surface area contributed by atoms with Gasteiger partial charge in [0.15, 0.2) is 0 Å². The lowest BCUT2D eigenvalue weighted by atomic mass is 10.0. The second-order valence-corrected chi connectivity index (χ2v) is 6.47. The van der Waals surface area contributed by atoms with E-state index in [0.29, 0.717) is 26.3 Å². The lowest BCUT2D eigenvalue weighted by Crippen LogP contribution is -2.36. The van der Waals surface area contributed by atoms with E-state index in [1.165, 1.54) is 5.56 Å². The highest BCUT2D eigenvalue weighted by Gasteiger charge is 2.23. The van der Waals surface area contributed by atoms with Crippen molar-refractivity contribution in [2.24, 2.45) is 0 Å². The summed E-state index contributed by atoms with van der Waals surface area (Å²) >= 11 is 0. The van der Waals surface area contributed by atoms with Crippen molar-refractivity contribution in [2.75, 3.05) is 31.2 Å². The number of hydrogen-bond acceptors (Lipinski definition) is 6. The predicted octanol–water partition coefficient (Wildman–Crippen LogP) is 3.37. The molecule has 3 aromatic rings. The standard InChI is InChI=1S/C20H23N3O3/c1-15-4-2-5-16(12-15)19-18(14-21-13-17-6-3-9-25-17)20(26-22-19)23-7-10-24-11-8-23/h2-6,9,12,21H,7-8,10-11,13-14H2,1H3. The number of anilines is 1. The third kappa shape index (κ3) is 3.66. The van der Waals surface area contributed by atoms with E-state index in [0.717, 1.165) is 41.6 Å². The second-order valence-electron chi connectivity index (χ2n) is 6.47. The van der Waals surface area contributed by atoms with Crippen LogP contribution in [0.2, 0.25) is 0 Å². The summed E-state index contributed by atoms with van der Waals surface area (Å²) in [5.74, 6) is 1.74. The summed E-state index contributed by atoms with van der Waals surface area (Å²) in [5, 5.41) is 7.84. The Balaban J connectivity index is 1.61. The highest BCUT2D eigenvalue weighted by molar-refractivity contribution is 5.69. The van der Waals surface area contributed by atoms with Crippen LogP contribution in [0, 0.1) is 6.92 Å². The first-order valence-electron chi connectivity index (χ1n) is 8.92. The number of morpholine rings is 1. The quantitative estimate of drug-likeness (QED) is 0.733. The van der Waals surface area contributed by atoms with Crippen LogP contribution in [0.5, 0.6) is 0 Å². The van der Waals surface area contributed by atoms with Crippen molar-refractivity contribution in [2.45, 2.75) is 20.0 Å². The molecular weight excluding hydrogens is 330 g/mol. The van der Waals surface area contributed by atoms with Crippen LogP contribution in [0.1, 0.15) is 16.9 Å². The Hall–Kier alpha value is -2.57. The van der Waals surface area contributed by atoms with E-state index >= 15 is 0 Å². The van der Waals surface area contributed by atoms with Gasteiger partial charge in [-0.15, -0.1) is 0 Å². The Labute approximate surface area is 152 Å². The summed E-state index contributed by atoms with van der Waals surface area (Å²) in [7, 11) is 0. The van der Waals surface area contributed by atoms with Gasteiger partial charge in [-0.25, -0.2) is 0 Å². The number of ether oxygens (including phenoxy) is 1. The zero-order valence-electron chi connectivity index (χ0n) is 14.9. The number of hydrogen-bond donors (Lipinski definition) is 1. The number of nitrogens with one attached hydrogen (secondary N) is 1. The average Bonchev–Trinajstić information content (AvgIpc) is 3.32. The molecule has 0 radical (unpaired) electrons. The van der Waals surface area contributed by atoms with Crippen LogP contribution in [0.25, 0.3) is 11.3 Å². The molecular formula is C20H23N3O3. The fraction of sp³-hybridized carbons (Fsp3) is 0.350. The highest BCUT2D eigenvalue weighted by atomic mass is 16.5. The van der Waals surface area contributed by atoms with E-state index in [1.807, 2.05) is 18.2 Å². The van der Waals surface area contributed by atoms with Crippen molar-refractivity contribution in [1.29, 1.82) is 0 Å². The minimum absolute atomic E-state index is 0.653. The first-order valence-corrected chi connectivity index (χ1v) is 8.92. The maximum atomic E-state index is 5.77. The van der Waals surface area contributed by atoms with Gasteiger partial charge in [0.05, 0.1) is 31.6 Å². The van der Waals surface area contributed by atoms with E-state index in [-0.39, 0.29) is 0 Å². The molecule has 3 heterocycles. The van der Waals surface area contributed by atoms with Crippen LogP contribution in [0.15, 0.2) is 51.6 Å². The molecule has 4 rings (SSSR count). The molecule has 0 saturated carbocycles. The number of aromatic nitrogens is 1. The van der Waals surface area contributed by atoms with Crippen LogP contribution in [-0.4, -0.2) is 31.5 Å². The van der Waals surface area contributed by atoms with Crippen LogP contribution >= 0.6 is 0 Å². The van der Waals surface area contributed by atoms with Gasteiger partial charge in [0, 0.05) is 25.2 Å². The van der Waals surface area contributed by atoms with Crippen molar-refractivity contribution in [3.8, 4) is 11.3 Å². The molecule has 0 amide bonds. The summed E-state index contributed by atoms with van der Waals surface area (Å²) in [5.41, 5.74) is 4.24. The molecule has 6 nitrogen and oxygen atoms in total. The van der Waals surface area contributed by atoms with Gasteiger partial charge in [-0.1, -0.05) is 28.9 Å². The molecule has 0 unspecified atom stereocenters. The normalized spacial score (nSPS) is 14.7. The molecule has 1 N–H and O–H groups in total. The number of nitrogens with zero attached hydrogens (tertiary/aromatic N) is 2. The first-order chi connectivity index (χ1) is 12.8. The molecule has 0 spiro atoms. The molecule has 1 aliphatic heterocycles. The van der Waals surface area contributed by atoms with Crippen LogP contribution in [-0.2, 0) is 17.8 Å². The zero-order valence-corrected chi connectivity index (χ0v) is 14.9. The first kappa shape index (κ1) is 16.9. The SMILES string of the molecule is Cc1cccc(-c2noc(N3CCOCC3)c2CNCc2ccco2)c1. The van der Waals surface area contributed by atoms with E-state index in [4.69, 9.17) is 13.7 Å². The molecule has 1 aromatic carbocycles. The van der Waals surface area contributed by atoms with E-state index in [1.54, 1.807) is 6.26 Å². The third-order valence-electron chi connectivity index (χ3n) is 4.54. The number of benzene rings is 1. The molecule has 0 aliphatic carbocycles. The van der Waals surface area contributed by atoms with Crippen molar-refractivity contribution in [3.05, 3.63) is 59.5 Å². The maximum absolute atomic E-state index is 5.77. The molecule has 1 fully saturated rings. The monoisotopic (exact) mass is 353 g/mol. The van der Waals surface area contributed by atoms with Crippen molar-refractivity contribution in [1.82, 2.24) is 10.5 Å². The smallest absolute Gasteiger partial charge is 0.232 e. The Bertz CT molecular complexity index is 836. The fourth-order valence-corrected chi connectivity index (χ4v) is 3.22. The summed E-state index contributed by atoms with van der Waals surface area (Å²) < 4.78 is 16.6. The molecule has 136 valence electrons. The third-order valence-corrected chi connectivity index (χ3v) is 4.54. The van der Waals surface area contributed by atoms with Gasteiger partial charge in [-0.3, -0.25) is 0 Å². The summed E-state index contributed by atoms with van der Waals surface area (Å²) in [4.78, 5) is 2.21.